The molecule has 0 unspecified atom stereocenters. The SMILES string of the molecule is CNC(=O)CCC(C)(C)NC(=O)c1c(N2CCOCC2)noc1-c1ccccc1. The van der Waals surface area contributed by atoms with Crippen LogP contribution >= 0.6 is 0 Å². The Morgan fingerprint density at radius 3 is 2.52 bits per heavy atom. The van der Waals surface area contributed by atoms with Gasteiger partial charge in [0, 0.05) is 37.7 Å². The first-order valence-electron chi connectivity index (χ1n) is 9.82. The normalized spacial score (nSPS) is 14.5. The second-order valence-corrected chi connectivity index (χ2v) is 7.69. The highest BCUT2D eigenvalue weighted by molar-refractivity contribution is 6.04. The lowest BCUT2D eigenvalue weighted by atomic mass is 9.97. The van der Waals surface area contributed by atoms with Crippen LogP contribution in [-0.4, -0.2) is 55.9 Å². The van der Waals surface area contributed by atoms with E-state index in [1.807, 2.05) is 49.1 Å². The summed E-state index contributed by atoms with van der Waals surface area (Å²) in [6.45, 7) is 6.23. The number of benzene rings is 1. The van der Waals surface area contributed by atoms with E-state index in [0.717, 1.165) is 5.56 Å². The van der Waals surface area contributed by atoms with Crippen LogP contribution in [0.1, 0.15) is 37.0 Å². The van der Waals surface area contributed by atoms with Crippen molar-refractivity contribution in [3.63, 3.8) is 0 Å². The van der Waals surface area contributed by atoms with Crippen LogP contribution in [0.15, 0.2) is 34.9 Å². The summed E-state index contributed by atoms with van der Waals surface area (Å²) in [6, 6.07) is 9.46. The maximum Gasteiger partial charge on any atom is 0.259 e. The summed E-state index contributed by atoms with van der Waals surface area (Å²) in [4.78, 5) is 26.9. The number of hydrogen-bond acceptors (Lipinski definition) is 6. The van der Waals surface area contributed by atoms with Crippen molar-refractivity contribution in [3.8, 4) is 11.3 Å². The summed E-state index contributed by atoms with van der Waals surface area (Å²) in [6.07, 6.45) is 0.840. The van der Waals surface area contributed by atoms with Crippen LogP contribution < -0.4 is 15.5 Å². The summed E-state index contributed by atoms with van der Waals surface area (Å²) in [5.74, 6) is 0.628. The predicted molar refractivity (Wildman–Crippen MR) is 110 cm³/mol. The Kier molecular flexibility index (Phi) is 6.53. The maximum absolute atomic E-state index is 13.3. The van der Waals surface area contributed by atoms with E-state index in [4.69, 9.17) is 9.26 Å². The number of ether oxygens (including phenoxy) is 1. The third kappa shape index (κ3) is 5.14. The first kappa shape index (κ1) is 20.9. The van der Waals surface area contributed by atoms with Gasteiger partial charge in [-0.05, 0) is 20.3 Å². The molecular formula is C21H28N4O4. The Morgan fingerprint density at radius 1 is 1.17 bits per heavy atom. The molecule has 156 valence electrons. The minimum atomic E-state index is -0.572. The van der Waals surface area contributed by atoms with Gasteiger partial charge in [-0.2, -0.15) is 0 Å². The molecule has 8 nitrogen and oxygen atoms in total. The smallest absolute Gasteiger partial charge is 0.259 e. The van der Waals surface area contributed by atoms with Crippen LogP contribution in [0.5, 0.6) is 0 Å². The summed E-state index contributed by atoms with van der Waals surface area (Å²) in [5.41, 5.74) is 0.621. The minimum Gasteiger partial charge on any atom is -0.378 e. The molecule has 2 aromatic rings. The molecule has 0 bridgehead atoms. The molecule has 0 saturated carbocycles. The summed E-state index contributed by atoms with van der Waals surface area (Å²) < 4.78 is 11.0. The molecule has 3 rings (SSSR count). The Balaban J connectivity index is 1.89. The zero-order valence-electron chi connectivity index (χ0n) is 17.2. The molecule has 0 spiro atoms. The largest absolute Gasteiger partial charge is 0.378 e. The molecular weight excluding hydrogens is 372 g/mol. The van der Waals surface area contributed by atoms with Gasteiger partial charge in [-0.3, -0.25) is 9.59 Å². The monoisotopic (exact) mass is 400 g/mol. The third-order valence-corrected chi connectivity index (χ3v) is 4.96. The molecule has 0 aliphatic carbocycles. The molecule has 1 aliphatic rings. The molecule has 2 amide bonds. The van der Waals surface area contributed by atoms with E-state index in [1.165, 1.54) is 0 Å². The molecule has 1 aromatic heterocycles. The quantitative estimate of drug-likeness (QED) is 0.740. The predicted octanol–water partition coefficient (Wildman–Crippen LogP) is 2.21. The first-order valence-corrected chi connectivity index (χ1v) is 9.82. The molecule has 0 radical (unpaired) electrons. The zero-order chi connectivity index (χ0) is 20.9. The van der Waals surface area contributed by atoms with Gasteiger partial charge in [0.15, 0.2) is 11.6 Å². The van der Waals surface area contributed by atoms with Crippen molar-refractivity contribution in [3.05, 3.63) is 35.9 Å². The molecule has 1 aliphatic heterocycles. The van der Waals surface area contributed by atoms with Crippen LogP contribution in [0, 0.1) is 0 Å². The Bertz CT molecular complexity index is 842. The molecule has 2 N–H and O–H groups in total. The highest BCUT2D eigenvalue weighted by Gasteiger charge is 2.31. The van der Waals surface area contributed by atoms with E-state index in [0.29, 0.717) is 56.3 Å². The van der Waals surface area contributed by atoms with Crippen molar-refractivity contribution in [2.45, 2.75) is 32.2 Å². The second-order valence-electron chi connectivity index (χ2n) is 7.69. The Hall–Kier alpha value is -2.87. The lowest BCUT2D eigenvalue weighted by Gasteiger charge is -2.29. The number of carbonyl (C=O) groups is 2. The highest BCUT2D eigenvalue weighted by Crippen LogP contribution is 2.32. The van der Waals surface area contributed by atoms with Gasteiger partial charge in [-0.25, -0.2) is 0 Å². The number of nitrogens with zero attached hydrogens (tertiary/aromatic N) is 2. The van der Waals surface area contributed by atoms with Gasteiger partial charge in [0.2, 0.25) is 5.91 Å². The van der Waals surface area contributed by atoms with Crippen LogP contribution in [0.25, 0.3) is 11.3 Å². The number of amides is 2. The van der Waals surface area contributed by atoms with Crippen LogP contribution in [0.4, 0.5) is 5.82 Å². The van der Waals surface area contributed by atoms with Crippen LogP contribution in [0.2, 0.25) is 0 Å². The van der Waals surface area contributed by atoms with Crippen molar-refractivity contribution in [1.29, 1.82) is 0 Å². The van der Waals surface area contributed by atoms with Crippen molar-refractivity contribution in [1.82, 2.24) is 15.8 Å². The highest BCUT2D eigenvalue weighted by atomic mass is 16.5. The summed E-state index contributed by atoms with van der Waals surface area (Å²) in [7, 11) is 1.60. The van der Waals surface area contributed by atoms with Gasteiger partial charge < -0.3 is 24.8 Å². The minimum absolute atomic E-state index is 0.0590. The Labute approximate surface area is 170 Å². The van der Waals surface area contributed by atoms with Crippen molar-refractivity contribution in [2.75, 3.05) is 38.3 Å². The number of hydrogen-bond donors (Lipinski definition) is 2. The fourth-order valence-corrected chi connectivity index (χ4v) is 3.25. The van der Waals surface area contributed by atoms with E-state index >= 15 is 0 Å². The molecule has 1 fully saturated rings. The summed E-state index contributed by atoms with van der Waals surface area (Å²) in [5, 5.41) is 9.88. The number of nitrogens with one attached hydrogen (secondary N) is 2. The first-order chi connectivity index (χ1) is 13.9. The van der Waals surface area contributed by atoms with E-state index in [-0.39, 0.29) is 11.8 Å². The fraction of sp³-hybridized carbons (Fsp3) is 0.476. The molecule has 0 atom stereocenters. The van der Waals surface area contributed by atoms with Crippen LogP contribution in [0.3, 0.4) is 0 Å². The standard InChI is InChI=1S/C21H28N4O4/c1-21(2,10-9-16(26)22-3)23-20(27)17-18(15-7-5-4-6-8-15)29-24-19(17)25-11-13-28-14-12-25/h4-8H,9-14H2,1-3H3,(H,22,26)(H,23,27). The lowest BCUT2D eigenvalue weighted by Crippen LogP contribution is -2.45. The number of rotatable bonds is 7. The number of morpholine rings is 1. The van der Waals surface area contributed by atoms with E-state index < -0.39 is 5.54 Å². The van der Waals surface area contributed by atoms with E-state index in [9.17, 15) is 9.59 Å². The van der Waals surface area contributed by atoms with Crippen molar-refractivity contribution >= 4 is 17.6 Å². The van der Waals surface area contributed by atoms with Gasteiger partial charge in [0.25, 0.3) is 5.91 Å². The number of carbonyl (C=O) groups excluding carboxylic acids is 2. The van der Waals surface area contributed by atoms with Gasteiger partial charge in [0.1, 0.15) is 5.56 Å². The lowest BCUT2D eigenvalue weighted by molar-refractivity contribution is -0.121. The van der Waals surface area contributed by atoms with Gasteiger partial charge in [0.05, 0.1) is 13.2 Å². The van der Waals surface area contributed by atoms with Crippen LogP contribution in [-0.2, 0) is 9.53 Å². The van der Waals surface area contributed by atoms with E-state index in [2.05, 4.69) is 15.8 Å². The number of anilines is 1. The van der Waals surface area contributed by atoms with Gasteiger partial charge >= 0.3 is 0 Å². The van der Waals surface area contributed by atoms with Gasteiger partial charge in [-0.15, -0.1) is 0 Å². The maximum atomic E-state index is 13.3. The third-order valence-electron chi connectivity index (χ3n) is 4.96. The average molecular weight is 400 g/mol. The van der Waals surface area contributed by atoms with E-state index in [1.54, 1.807) is 7.05 Å². The number of aromatic nitrogens is 1. The van der Waals surface area contributed by atoms with Crippen molar-refractivity contribution in [2.24, 2.45) is 0 Å². The van der Waals surface area contributed by atoms with Crippen molar-refractivity contribution < 1.29 is 18.8 Å². The Morgan fingerprint density at radius 2 is 1.86 bits per heavy atom. The molecule has 2 heterocycles. The topological polar surface area (TPSA) is 96.7 Å². The van der Waals surface area contributed by atoms with Gasteiger partial charge in [-0.1, -0.05) is 35.5 Å². The molecule has 1 aromatic carbocycles. The zero-order valence-corrected chi connectivity index (χ0v) is 17.2. The molecule has 29 heavy (non-hydrogen) atoms. The molecule has 1 saturated heterocycles. The summed E-state index contributed by atoms with van der Waals surface area (Å²) >= 11 is 0. The average Bonchev–Trinajstić information content (AvgIpc) is 3.18. The molecule has 8 heteroatoms. The fourth-order valence-electron chi connectivity index (χ4n) is 3.25. The second kappa shape index (κ2) is 9.09.